The van der Waals surface area contributed by atoms with Crippen LogP contribution in [0.4, 0.5) is 9.18 Å². The van der Waals surface area contributed by atoms with Crippen LogP contribution in [-0.2, 0) is 21.3 Å². The second-order valence-corrected chi connectivity index (χ2v) is 10.2. The second kappa shape index (κ2) is 8.70. The molecule has 8 nitrogen and oxygen atoms in total. The van der Waals surface area contributed by atoms with Crippen molar-refractivity contribution in [3.8, 4) is 11.3 Å². The van der Waals surface area contributed by atoms with E-state index in [1.54, 1.807) is 33.8 Å². The predicted molar refractivity (Wildman–Crippen MR) is 117 cm³/mol. The summed E-state index contributed by atoms with van der Waals surface area (Å²) < 4.78 is 47.5. The smallest absolute Gasteiger partial charge is 0.410 e. The lowest BCUT2D eigenvalue weighted by molar-refractivity contribution is 0.0285. The number of halogens is 1. The van der Waals surface area contributed by atoms with Gasteiger partial charge in [-0.3, -0.25) is 4.98 Å². The van der Waals surface area contributed by atoms with Crippen LogP contribution in [0, 0.1) is 12.9 Å². The summed E-state index contributed by atoms with van der Waals surface area (Å²) in [5.41, 5.74) is 0.560. The topological polar surface area (TPSA) is 94.4 Å². The minimum Gasteiger partial charge on any atom is -0.444 e. The zero-order chi connectivity index (χ0) is 23.7. The minimum atomic E-state index is -4.09. The fraction of sp³-hybridized carbons (Fsp3) is 0.318. The maximum atomic E-state index is 14.5. The summed E-state index contributed by atoms with van der Waals surface area (Å²) in [5, 5.41) is 0. The summed E-state index contributed by atoms with van der Waals surface area (Å²) in [7, 11) is -2.55. The molecule has 32 heavy (non-hydrogen) atoms. The molecule has 0 saturated heterocycles. The number of aryl methyl sites for hydroxylation is 1. The SMILES string of the molecule is Cc1ccc(S(=O)(=O)n2cc(CN(C)C(=O)OC(C)(C)C)cc2-c2cccnc2F)cn1. The summed E-state index contributed by atoms with van der Waals surface area (Å²) in [6.45, 7) is 7.05. The van der Waals surface area contributed by atoms with E-state index in [1.807, 2.05) is 0 Å². The van der Waals surface area contributed by atoms with Gasteiger partial charge in [-0.2, -0.15) is 4.39 Å². The normalized spacial score (nSPS) is 11.9. The van der Waals surface area contributed by atoms with Crippen LogP contribution in [0.25, 0.3) is 11.3 Å². The number of carbonyl (C=O) groups is 1. The molecular formula is C22H25FN4O4S. The molecule has 0 aliphatic heterocycles. The Bertz CT molecular complexity index is 1230. The number of ether oxygens (including phenoxy) is 1. The quantitative estimate of drug-likeness (QED) is 0.534. The van der Waals surface area contributed by atoms with E-state index in [0.717, 1.165) is 3.97 Å². The molecule has 10 heteroatoms. The van der Waals surface area contributed by atoms with Crippen molar-refractivity contribution in [2.75, 3.05) is 7.05 Å². The molecule has 170 valence electrons. The van der Waals surface area contributed by atoms with E-state index in [2.05, 4.69) is 9.97 Å². The monoisotopic (exact) mass is 460 g/mol. The average molecular weight is 461 g/mol. The molecule has 0 atom stereocenters. The first-order valence-electron chi connectivity index (χ1n) is 9.83. The van der Waals surface area contributed by atoms with Crippen LogP contribution in [-0.4, -0.2) is 46.0 Å². The van der Waals surface area contributed by atoms with Gasteiger partial charge in [-0.05, 0) is 63.6 Å². The van der Waals surface area contributed by atoms with Gasteiger partial charge in [-0.25, -0.2) is 22.2 Å². The number of carbonyl (C=O) groups excluding carboxylic acids is 1. The van der Waals surface area contributed by atoms with E-state index in [0.29, 0.717) is 11.3 Å². The van der Waals surface area contributed by atoms with E-state index in [9.17, 15) is 17.6 Å². The average Bonchev–Trinajstić information content (AvgIpc) is 3.11. The van der Waals surface area contributed by atoms with Gasteiger partial charge in [-0.1, -0.05) is 0 Å². The molecule has 0 N–H and O–H groups in total. The molecule has 3 heterocycles. The zero-order valence-corrected chi connectivity index (χ0v) is 19.4. The highest BCUT2D eigenvalue weighted by Crippen LogP contribution is 2.29. The Balaban J connectivity index is 2.06. The van der Waals surface area contributed by atoms with Gasteiger partial charge in [0.2, 0.25) is 5.95 Å². The molecule has 1 amide bonds. The number of hydrogen-bond donors (Lipinski definition) is 0. The lowest BCUT2D eigenvalue weighted by Gasteiger charge is -2.24. The van der Waals surface area contributed by atoms with Crippen LogP contribution in [0.2, 0.25) is 0 Å². The summed E-state index contributed by atoms with van der Waals surface area (Å²) >= 11 is 0. The molecule has 3 aromatic rings. The van der Waals surface area contributed by atoms with Crippen molar-refractivity contribution in [2.45, 2.75) is 44.7 Å². The van der Waals surface area contributed by atoms with Crippen molar-refractivity contribution < 1.29 is 22.3 Å². The van der Waals surface area contributed by atoms with E-state index >= 15 is 0 Å². The third-order valence-electron chi connectivity index (χ3n) is 4.44. The third kappa shape index (κ3) is 5.13. The van der Waals surface area contributed by atoms with Crippen LogP contribution < -0.4 is 0 Å². The number of amides is 1. The van der Waals surface area contributed by atoms with Gasteiger partial charge in [0.1, 0.15) is 10.5 Å². The summed E-state index contributed by atoms with van der Waals surface area (Å²) in [5.74, 6) is -0.809. The van der Waals surface area contributed by atoms with E-state index in [1.165, 1.54) is 54.8 Å². The standard InChI is InChI=1S/C22H25FN4O4S/c1-15-8-9-17(12-25-15)32(29,30)27-14-16(13-26(5)21(28)31-22(2,3)4)11-19(27)18-7-6-10-24-20(18)23/h6-12,14H,13H2,1-5H3. The Morgan fingerprint density at radius 1 is 1.22 bits per heavy atom. The highest BCUT2D eigenvalue weighted by Gasteiger charge is 2.25. The van der Waals surface area contributed by atoms with Crippen LogP contribution >= 0.6 is 0 Å². The van der Waals surface area contributed by atoms with Crippen molar-refractivity contribution in [3.63, 3.8) is 0 Å². The summed E-state index contributed by atoms with van der Waals surface area (Å²) in [6.07, 6.45) is 3.32. The number of aromatic nitrogens is 3. The van der Waals surface area contributed by atoms with Crippen molar-refractivity contribution >= 4 is 16.1 Å². The van der Waals surface area contributed by atoms with E-state index in [-0.39, 0.29) is 22.7 Å². The molecule has 0 unspecified atom stereocenters. The fourth-order valence-electron chi connectivity index (χ4n) is 2.95. The molecule has 3 rings (SSSR count). The maximum absolute atomic E-state index is 14.5. The Morgan fingerprint density at radius 3 is 2.53 bits per heavy atom. The van der Waals surface area contributed by atoms with Gasteiger partial charge in [-0.15, -0.1) is 0 Å². The molecule has 0 fully saturated rings. The largest absolute Gasteiger partial charge is 0.444 e. The third-order valence-corrected chi connectivity index (χ3v) is 6.10. The van der Waals surface area contributed by atoms with E-state index in [4.69, 9.17) is 4.74 Å². The molecule has 0 aromatic carbocycles. The molecule has 0 aliphatic carbocycles. The van der Waals surface area contributed by atoms with Crippen molar-refractivity contribution in [1.29, 1.82) is 0 Å². The fourth-order valence-corrected chi connectivity index (χ4v) is 4.29. The molecule has 0 spiro atoms. The summed E-state index contributed by atoms with van der Waals surface area (Å²) in [4.78, 5) is 21.3. The second-order valence-electron chi connectivity index (χ2n) is 8.35. The Labute approximate surface area is 186 Å². The van der Waals surface area contributed by atoms with Gasteiger partial charge in [0, 0.05) is 31.3 Å². The van der Waals surface area contributed by atoms with Gasteiger partial charge < -0.3 is 9.64 Å². The van der Waals surface area contributed by atoms with Gasteiger partial charge >= 0.3 is 6.09 Å². The first kappa shape index (κ1) is 23.4. The minimum absolute atomic E-state index is 0.0160. The van der Waals surface area contributed by atoms with Crippen LogP contribution in [0.3, 0.4) is 0 Å². The van der Waals surface area contributed by atoms with Gasteiger partial charge in [0.15, 0.2) is 0 Å². The number of pyridine rings is 2. The van der Waals surface area contributed by atoms with Crippen molar-refractivity contribution in [1.82, 2.24) is 18.8 Å². The Morgan fingerprint density at radius 2 is 1.94 bits per heavy atom. The lowest BCUT2D eigenvalue weighted by Crippen LogP contribution is -2.33. The molecule has 3 aromatic heterocycles. The first-order valence-corrected chi connectivity index (χ1v) is 11.3. The molecular weight excluding hydrogens is 435 g/mol. The first-order chi connectivity index (χ1) is 14.9. The molecule has 0 saturated carbocycles. The highest BCUT2D eigenvalue weighted by molar-refractivity contribution is 7.90. The maximum Gasteiger partial charge on any atom is 0.410 e. The number of hydrogen-bond acceptors (Lipinski definition) is 6. The zero-order valence-electron chi connectivity index (χ0n) is 18.5. The van der Waals surface area contributed by atoms with Crippen LogP contribution in [0.1, 0.15) is 32.0 Å². The Kier molecular flexibility index (Phi) is 6.36. The van der Waals surface area contributed by atoms with Crippen molar-refractivity contribution in [3.05, 3.63) is 66.1 Å². The Hall–Kier alpha value is -3.27. The number of rotatable bonds is 5. The highest BCUT2D eigenvalue weighted by atomic mass is 32.2. The molecule has 0 bridgehead atoms. The van der Waals surface area contributed by atoms with Crippen LogP contribution in [0.5, 0.6) is 0 Å². The van der Waals surface area contributed by atoms with Crippen LogP contribution in [0.15, 0.2) is 53.8 Å². The lowest BCUT2D eigenvalue weighted by atomic mass is 10.2. The number of nitrogens with zero attached hydrogens (tertiary/aromatic N) is 4. The summed E-state index contributed by atoms with van der Waals surface area (Å²) in [6, 6.07) is 7.49. The van der Waals surface area contributed by atoms with Crippen molar-refractivity contribution in [2.24, 2.45) is 0 Å². The predicted octanol–water partition coefficient (Wildman–Crippen LogP) is 4.00. The molecule has 0 aliphatic rings. The molecule has 0 radical (unpaired) electrons. The van der Waals surface area contributed by atoms with Gasteiger partial charge in [0.25, 0.3) is 10.0 Å². The van der Waals surface area contributed by atoms with E-state index < -0.39 is 27.7 Å². The van der Waals surface area contributed by atoms with Gasteiger partial charge in [0.05, 0.1) is 17.8 Å².